The maximum Gasteiger partial charge on any atom is 0.110 e. The van der Waals surface area contributed by atoms with Crippen LogP contribution in [0.1, 0.15) is 26.2 Å². The summed E-state index contributed by atoms with van der Waals surface area (Å²) in [7, 11) is 0. The Bertz CT molecular complexity index is 138. The molecule has 2 aliphatic rings. The van der Waals surface area contributed by atoms with Crippen molar-refractivity contribution in [3.63, 3.8) is 0 Å². The van der Waals surface area contributed by atoms with E-state index >= 15 is 0 Å². The molecule has 64 valence electrons. The Morgan fingerprint density at radius 1 is 1.36 bits per heavy atom. The number of hydrogen-bond donors (Lipinski definition) is 0. The van der Waals surface area contributed by atoms with Crippen LogP contribution in [0, 0.1) is 5.92 Å². The zero-order valence-corrected chi connectivity index (χ0v) is 7.25. The zero-order chi connectivity index (χ0) is 7.68. The molecule has 0 aromatic carbocycles. The molecular formula is C9H17NO. The highest BCUT2D eigenvalue weighted by atomic mass is 16.5. The van der Waals surface area contributed by atoms with E-state index in [0.29, 0.717) is 6.23 Å². The van der Waals surface area contributed by atoms with Crippen molar-refractivity contribution < 1.29 is 4.74 Å². The van der Waals surface area contributed by atoms with Gasteiger partial charge in [0, 0.05) is 13.1 Å². The second-order valence-corrected chi connectivity index (χ2v) is 3.88. The molecule has 2 saturated heterocycles. The molecule has 0 aromatic heterocycles. The van der Waals surface area contributed by atoms with Crippen molar-refractivity contribution in [1.82, 2.24) is 4.90 Å². The lowest BCUT2D eigenvalue weighted by Gasteiger charge is -2.41. The maximum atomic E-state index is 5.72. The van der Waals surface area contributed by atoms with Crippen LogP contribution in [0.2, 0.25) is 0 Å². The molecule has 0 amide bonds. The molecule has 0 saturated carbocycles. The van der Waals surface area contributed by atoms with Gasteiger partial charge < -0.3 is 4.74 Å². The van der Waals surface area contributed by atoms with Crippen LogP contribution >= 0.6 is 0 Å². The molecule has 0 aromatic rings. The third-order valence-electron chi connectivity index (χ3n) is 2.67. The molecule has 0 N–H and O–H groups in total. The third kappa shape index (κ3) is 1.57. The quantitative estimate of drug-likeness (QED) is 0.525. The molecule has 2 heteroatoms. The van der Waals surface area contributed by atoms with Gasteiger partial charge in [-0.1, -0.05) is 6.92 Å². The molecule has 2 aliphatic heterocycles. The Morgan fingerprint density at radius 2 is 2.27 bits per heavy atom. The first kappa shape index (κ1) is 7.56. The average Bonchev–Trinajstić information content (AvgIpc) is 2.04. The molecule has 0 radical (unpaired) electrons. The smallest absolute Gasteiger partial charge is 0.110 e. The van der Waals surface area contributed by atoms with Gasteiger partial charge in [0.2, 0.25) is 0 Å². The van der Waals surface area contributed by atoms with Crippen LogP contribution in [-0.2, 0) is 4.74 Å². The number of ether oxygens (including phenoxy) is 1. The van der Waals surface area contributed by atoms with Crippen molar-refractivity contribution in [2.75, 3.05) is 19.7 Å². The zero-order valence-electron chi connectivity index (χ0n) is 7.25. The molecule has 0 bridgehead atoms. The standard InChI is InChI=1S/C9H17NO/c1-8-6-10-5-3-2-4-9(10)11-7-8/h8-9H,2-7H2,1H3. The van der Waals surface area contributed by atoms with Gasteiger partial charge in [0.25, 0.3) is 0 Å². The van der Waals surface area contributed by atoms with Crippen molar-refractivity contribution in [3.8, 4) is 0 Å². The van der Waals surface area contributed by atoms with Crippen molar-refractivity contribution >= 4 is 0 Å². The van der Waals surface area contributed by atoms with Crippen LogP contribution in [0.3, 0.4) is 0 Å². The summed E-state index contributed by atoms with van der Waals surface area (Å²) in [5.74, 6) is 0.740. The second-order valence-electron chi connectivity index (χ2n) is 3.88. The normalized spacial score (nSPS) is 40.1. The molecule has 0 aliphatic carbocycles. The molecule has 2 nitrogen and oxygen atoms in total. The number of rotatable bonds is 0. The summed E-state index contributed by atoms with van der Waals surface area (Å²) in [5, 5.41) is 0. The predicted molar refractivity (Wildman–Crippen MR) is 44.3 cm³/mol. The van der Waals surface area contributed by atoms with Gasteiger partial charge in [-0.3, -0.25) is 4.90 Å². The summed E-state index contributed by atoms with van der Waals surface area (Å²) >= 11 is 0. The van der Waals surface area contributed by atoms with E-state index in [4.69, 9.17) is 4.74 Å². The topological polar surface area (TPSA) is 12.5 Å². The van der Waals surface area contributed by atoms with Crippen molar-refractivity contribution in [1.29, 1.82) is 0 Å². The molecule has 2 atom stereocenters. The maximum absolute atomic E-state index is 5.72. The Labute approximate surface area is 68.5 Å². The van der Waals surface area contributed by atoms with Gasteiger partial charge in [0.1, 0.15) is 6.23 Å². The summed E-state index contributed by atoms with van der Waals surface area (Å²) in [4.78, 5) is 2.50. The Kier molecular flexibility index (Phi) is 2.14. The fourth-order valence-corrected chi connectivity index (χ4v) is 2.09. The van der Waals surface area contributed by atoms with Crippen LogP contribution in [0.5, 0.6) is 0 Å². The monoisotopic (exact) mass is 155 g/mol. The number of fused-ring (bicyclic) bond motifs is 1. The molecule has 0 spiro atoms. The van der Waals surface area contributed by atoms with E-state index in [9.17, 15) is 0 Å². The lowest BCUT2D eigenvalue weighted by atomic mass is 10.0. The molecular weight excluding hydrogens is 138 g/mol. The van der Waals surface area contributed by atoms with E-state index < -0.39 is 0 Å². The molecule has 2 fully saturated rings. The fourth-order valence-electron chi connectivity index (χ4n) is 2.09. The third-order valence-corrected chi connectivity index (χ3v) is 2.67. The van der Waals surface area contributed by atoms with E-state index in [-0.39, 0.29) is 0 Å². The summed E-state index contributed by atoms with van der Waals surface area (Å²) < 4.78 is 5.72. The van der Waals surface area contributed by atoms with Gasteiger partial charge in [0.05, 0.1) is 6.61 Å². The predicted octanol–water partition coefficient (Wildman–Crippen LogP) is 1.46. The average molecular weight is 155 g/mol. The van der Waals surface area contributed by atoms with Gasteiger partial charge in [-0.2, -0.15) is 0 Å². The molecule has 2 heterocycles. The SMILES string of the molecule is CC1COC2CCCCN2C1. The number of hydrogen-bond acceptors (Lipinski definition) is 2. The highest BCUT2D eigenvalue weighted by Gasteiger charge is 2.28. The fraction of sp³-hybridized carbons (Fsp3) is 1.00. The molecule has 2 unspecified atom stereocenters. The van der Waals surface area contributed by atoms with Crippen molar-refractivity contribution in [3.05, 3.63) is 0 Å². The van der Waals surface area contributed by atoms with Crippen molar-refractivity contribution in [2.24, 2.45) is 5.92 Å². The number of piperidine rings is 1. The van der Waals surface area contributed by atoms with E-state index in [2.05, 4.69) is 11.8 Å². The van der Waals surface area contributed by atoms with E-state index in [1.165, 1.54) is 32.4 Å². The van der Waals surface area contributed by atoms with Crippen LogP contribution in [0.25, 0.3) is 0 Å². The minimum Gasteiger partial charge on any atom is -0.363 e. The minimum absolute atomic E-state index is 0.472. The lowest BCUT2D eigenvalue weighted by Crippen LogP contribution is -2.48. The van der Waals surface area contributed by atoms with E-state index in [1.807, 2.05) is 0 Å². The highest BCUT2D eigenvalue weighted by Crippen LogP contribution is 2.23. The van der Waals surface area contributed by atoms with E-state index in [0.717, 1.165) is 12.5 Å². The first-order valence-electron chi connectivity index (χ1n) is 4.72. The van der Waals surface area contributed by atoms with Crippen LogP contribution in [-0.4, -0.2) is 30.8 Å². The van der Waals surface area contributed by atoms with Crippen LogP contribution in [0.4, 0.5) is 0 Å². The van der Waals surface area contributed by atoms with Gasteiger partial charge in [-0.15, -0.1) is 0 Å². The summed E-state index contributed by atoms with van der Waals surface area (Å²) in [6.07, 6.45) is 4.45. The Hall–Kier alpha value is -0.0800. The van der Waals surface area contributed by atoms with E-state index in [1.54, 1.807) is 0 Å². The molecule has 11 heavy (non-hydrogen) atoms. The largest absolute Gasteiger partial charge is 0.363 e. The number of nitrogens with zero attached hydrogens (tertiary/aromatic N) is 1. The summed E-state index contributed by atoms with van der Waals surface area (Å²) in [6.45, 7) is 5.76. The van der Waals surface area contributed by atoms with Gasteiger partial charge in [0.15, 0.2) is 0 Å². The Morgan fingerprint density at radius 3 is 3.18 bits per heavy atom. The Balaban J connectivity index is 1.93. The first-order chi connectivity index (χ1) is 5.36. The van der Waals surface area contributed by atoms with Crippen molar-refractivity contribution in [2.45, 2.75) is 32.4 Å². The lowest BCUT2D eigenvalue weighted by molar-refractivity contribution is -0.132. The van der Waals surface area contributed by atoms with Gasteiger partial charge in [-0.05, 0) is 25.2 Å². The first-order valence-corrected chi connectivity index (χ1v) is 4.72. The van der Waals surface area contributed by atoms with Crippen LogP contribution in [0.15, 0.2) is 0 Å². The summed E-state index contributed by atoms with van der Waals surface area (Å²) in [6, 6.07) is 0. The molecule has 2 rings (SSSR count). The second kappa shape index (κ2) is 3.11. The highest BCUT2D eigenvalue weighted by molar-refractivity contribution is 4.75. The van der Waals surface area contributed by atoms with Gasteiger partial charge in [-0.25, -0.2) is 0 Å². The van der Waals surface area contributed by atoms with Crippen LogP contribution < -0.4 is 0 Å². The summed E-state index contributed by atoms with van der Waals surface area (Å²) in [5.41, 5.74) is 0. The van der Waals surface area contributed by atoms with Gasteiger partial charge >= 0.3 is 0 Å². The minimum atomic E-state index is 0.472.